The molecule has 1 atom stereocenters. The van der Waals surface area contributed by atoms with Crippen LogP contribution in [0, 0.1) is 0 Å². The predicted octanol–water partition coefficient (Wildman–Crippen LogP) is 2.40. The summed E-state index contributed by atoms with van der Waals surface area (Å²) in [5, 5.41) is 3.13. The molecule has 0 aliphatic heterocycles. The van der Waals surface area contributed by atoms with Crippen molar-refractivity contribution in [3.05, 3.63) is 24.3 Å². The number of benzene rings is 1. The first-order chi connectivity index (χ1) is 10.2. The SMILES string of the molecule is CCCNC(COc1cccc(OCC)c1)C(=O)OCC. The van der Waals surface area contributed by atoms with Crippen molar-refractivity contribution in [3.8, 4) is 11.5 Å². The molecular formula is C16H25NO4. The molecular weight excluding hydrogens is 270 g/mol. The molecule has 0 saturated carbocycles. The fourth-order valence-electron chi connectivity index (χ4n) is 1.77. The number of nitrogens with one attached hydrogen (secondary N) is 1. The van der Waals surface area contributed by atoms with E-state index in [1.807, 2.05) is 38.1 Å². The zero-order valence-corrected chi connectivity index (χ0v) is 13.1. The monoisotopic (exact) mass is 295 g/mol. The van der Waals surface area contributed by atoms with Gasteiger partial charge in [0, 0.05) is 6.07 Å². The summed E-state index contributed by atoms with van der Waals surface area (Å²) in [6.07, 6.45) is 0.940. The van der Waals surface area contributed by atoms with E-state index in [1.165, 1.54) is 0 Å². The van der Waals surface area contributed by atoms with Crippen molar-refractivity contribution in [2.75, 3.05) is 26.4 Å². The Morgan fingerprint density at radius 3 is 2.48 bits per heavy atom. The average molecular weight is 295 g/mol. The third-order valence-electron chi connectivity index (χ3n) is 2.75. The molecule has 0 spiro atoms. The number of hydrogen-bond donors (Lipinski definition) is 1. The van der Waals surface area contributed by atoms with Gasteiger partial charge in [0.25, 0.3) is 0 Å². The summed E-state index contributed by atoms with van der Waals surface area (Å²) in [6.45, 7) is 7.71. The van der Waals surface area contributed by atoms with E-state index >= 15 is 0 Å². The van der Waals surface area contributed by atoms with E-state index in [-0.39, 0.29) is 12.6 Å². The Morgan fingerprint density at radius 1 is 1.14 bits per heavy atom. The van der Waals surface area contributed by atoms with Crippen LogP contribution in [0.15, 0.2) is 24.3 Å². The third kappa shape index (κ3) is 6.49. The van der Waals surface area contributed by atoms with Crippen molar-refractivity contribution in [1.82, 2.24) is 5.32 Å². The maximum Gasteiger partial charge on any atom is 0.326 e. The van der Waals surface area contributed by atoms with Crippen molar-refractivity contribution in [1.29, 1.82) is 0 Å². The molecule has 0 aliphatic carbocycles. The molecule has 0 amide bonds. The molecule has 0 heterocycles. The molecule has 1 rings (SSSR count). The van der Waals surface area contributed by atoms with Crippen LogP contribution in [0.3, 0.4) is 0 Å². The lowest BCUT2D eigenvalue weighted by Gasteiger charge is -2.17. The first kappa shape index (κ1) is 17.3. The largest absolute Gasteiger partial charge is 0.494 e. The van der Waals surface area contributed by atoms with E-state index < -0.39 is 6.04 Å². The minimum Gasteiger partial charge on any atom is -0.494 e. The Morgan fingerprint density at radius 2 is 1.86 bits per heavy atom. The fourth-order valence-corrected chi connectivity index (χ4v) is 1.77. The van der Waals surface area contributed by atoms with Gasteiger partial charge in [-0.15, -0.1) is 0 Å². The highest BCUT2D eigenvalue weighted by Crippen LogP contribution is 2.19. The van der Waals surface area contributed by atoms with Gasteiger partial charge in [-0.3, -0.25) is 4.79 Å². The molecule has 1 aromatic rings. The Kier molecular flexibility index (Phi) is 8.28. The van der Waals surface area contributed by atoms with Crippen molar-refractivity contribution < 1.29 is 19.0 Å². The van der Waals surface area contributed by atoms with Crippen molar-refractivity contribution in [3.63, 3.8) is 0 Å². The summed E-state index contributed by atoms with van der Waals surface area (Å²) in [4.78, 5) is 11.9. The minimum atomic E-state index is -0.458. The first-order valence-electron chi connectivity index (χ1n) is 7.46. The van der Waals surface area contributed by atoms with Gasteiger partial charge < -0.3 is 19.5 Å². The average Bonchev–Trinajstić information content (AvgIpc) is 2.48. The molecule has 0 aromatic heterocycles. The van der Waals surface area contributed by atoms with Crippen LogP contribution in [0.5, 0.6) is 11.5 Å². The van der Waals surface area contributed by atoms with Crippen LogP contribution in [-0.4, -0.2) is 38.4 Å². The zero-order chi connectivity index (χ0) is 15.5. The molecule has 21 heavy (non-hydrogen) atoms. The Balaban J connectivity index is 2.58. The maximum atomic E-state index is 11.9. The van der Waals surface area contributed by atoms with Crippen LogP contribution in [0.2, 0.25) is 0 Å². The number of hydrogen-bond acceptors (Lipinski definition) is 5. The molecule has 118 valence electrons. The zero-order valence-electron chi connectivity index (χ0n) is 13.1. The normalized spacial score (nSPS) is 11.8. The smallest absolute Gasteiger partial charge is 0.326 e. The topological polar surface area (TPSA) is 56.8 Å². The fraction of sp³-hybridized carbons (Fsp3) is 0.562. The lowest BCUT2D eigenvalue weighted by molar-refractivity contribution is -0.146. The van der Waals surface area contributed by atoms with Crippen molar-refractivity contribution >= 4 is 5.97 Å². The summed E-state index contributed by atoms with van der Waals surface area (Å²) < 4.78 is 16.1. The summed E-state index contributed by atoms with van der Waals surface area (Å²) in [7, 11) is 0. The second-order valence-corrected chi connectivity index (χ2v) is 4.48. The van der Waals surface area contributed by atoms with Crippen LogP contribution < -0.4 is 14.8 Å². The van der Waals surface area contributed by atoms with E-state index in [0.29, 0.717) is 19.0 Å². The number of rotatable bonds is 10. The Labute approximate surface area is 126 Å². The van der Waals surface area contributed by atoms with Crippen LogP contribution >= 0.6 is 0 Å². The third-order valence-corrected chi connectivity index (χ3v) is 2.75. The molecule has 0 saturated heterocycles. The van der Waals surface area contributed by atoms with Crippen LogP contribution in [-0.2, 0) is 9.53 Å². The van der Waals surface area contributed by atoms with Gasteiger partial charge in [0.1, 0.15) is 24.1 Å². The minimum absolute atomic E-state index is 0.231. The van der Waals surface area contributed by atoms with E-state index in [9.17, 15) is 4.79 Å². The molecule has 0 aliphatic rings. The first-order valence-corrected chi connectivity index (χ1v) is 7.46. The molecule has 5 heteroatoms. The highest BCUT2D eigenvalue weighted by Gasteiger charge is 2.19. The highest BCUT2D eigenvalue weighted by atomic mass is 16.5. The van der Waals surface area contributed by atoms with Gasteiger partial charge in [0.15, 0.2) is 0 Å². The van der Waals surface area contributed by atoms with Crippen LogP contribution in [0.4, 0.5) is 0 Å². The molecule has 0 fully saturated rings. The van der Waals surface area contributed by atoms with Crippen molar-refractivity contribution in [2.45, 2.75) is 33.2 Å². The second kappa shape index (κ2) is 10.0. The predicted molar refractivity (Wildman–Crippen MR) is 81.8 cm³/mol. The standard InChI is InChI=1S/C16H25NO4/c1-4-10-17-15(16(18)20-6-3)12-21-14-9-7-8-13(11-14)19-5-2/h7-9,11,15,17H,4-6,10,12H2,1-3H3. The summed E-state index contributed by atoms with van der Waals surface area (Å²) in [5.41, 5.74) is 0. The Bertz CT molecular complexity index is 422. The number of carbonyl (C=O) groups excluding carboxylic acids is 1. The Hall–Kier alpha value is -1.75. The number of esters is 1. The van der Waals surface area contributed by atoms with Crippen molar-refractivity contribution in [2.24, 2.45) is 0 Å². The van der Waals surface area contributed by atoms with Gasteiger partial charge in [-0.05, 0) is 38.9 Å². The quantitative estimate of drug-likeness (QED) is 0.672. The van der Waals surface area contributed by atoms with Crippen LogP contribution in [0.25, 0.3) is 0 Å². The van der Waals surface area contributed by atoms with Crippen LogP contribution in [0.1, 0.15) is 27.2 Å². The van der Waals surface area contributed by atoms with E-state index in [2.05, 4.69) is 5.32 Å². The molecule has 1 aromatic carbocycles. The van der Waals surface area contributed by atoms with Gasteiger partial charge >= 0.3 is 5.97 Å². The molecule has 1 N–H and O–H groups in total. The lowest BCUT2D eigenvalue weighted by Crippen LogP contribution is -2.43. The highest BCUT2D eigenvalue weighted by molar-refractivity contribution is 5.76. The van der Waals surface area contributed by atoms with Gasteiger partial charge in [0.2, 0.25) is 0 Å². The lowest BCUT2D eigenvalue weighted by atomic mass is 10.3. The molecule has 1 unspecified atom stereocenters. The molecule has 0 radical (unpaired) electrons. The number of carbonyl (C=O) groups is 1. The molecule has 5 nitrogen and oxygen atoms in total. The van der Waals surface area contributed by atoms with Gasteiger partial charge in [-0.1, -0.05) is 13.0 Å². The van der Waals surface area contributed by atoms with E-state index in [1.54, 1.807) is 6.92 Å². The van der Waals surface area contributed by atoms with E-state index in [4.69, 9.17) is 14.2 Å². The molecule has 0 bridgehead atoms. The maximum absolute atomic E-state index is 11.9. The summed E-state index contributed by atoms with van der Waals surface area (Å²) in [5.74, 6) is 1.14. The summed E-state index contributed by atoms with van der Waals surface area (Å²) in [6, 6.07) is 6.92. The van der Waals surface area contributed by atoms with Gasteiger partial charge in [0.05, 0.1) is 13.2 Å². The summed E-state index contributed by atoms with van der Waals surface area (Å²) >= 11 is 0. The second-order valence-electron chi connectivity index (χ2n) is 4.48. The van der Waals surface area contributed by atoms with Gasteiger partial charge in [-0.2, -0.15) is 0 Å². The van der Waals surface area contributed by atoms with E-state index in [0.717, 1.165) is 18.7 Å². The number of ether oxygens (including phenoxy) is 3. The van der Waals surface area contributed by atoms with Gasteiger partial charge in [-0.25, -0.2) is 0 Å².